The second-order valence-electron chi connectivity index (χ2n) is 6.66. The third-order valence-corrected chi connectivity index (χ3v) is 5.81. The number of benzene rings is 3. The van der Waals surface area contributed by atoms with Crippen LogP contribution in [0, 0.1) is 0 Å². The summed E-state index contributed by atoms with van der Waals surface area (Å²) in [7, 11) is 0. The van der Waals surface area contributed by atoms with E-state index in [1.165, 1.54) is 11.1 Å². The van der Waals surface area contributed by atoms with Crippen LogP contribution >= 0.6 is 11.3 Å². The van der Waals surface area contributed by atoms with Gasteiger partial charge >= 0.3 is 0 Å². The molecule has 2 aromatic heterocycles. The lowest BCUT2D eigenvalue weighted by molar-refractivity contribution is 0.722. The van der Waals surface area contributed by atoms with Gasteiger partial charge in [0.15, 0.2) is 5.82 Å². The van der Waals surface area contributed by atoms with Crippen LogP contribution in [-0.2, 0) is 6.42 Å². The summed E-state index contributed by atoms with van der Waals surface area (Å²) in [4.78, 5) is 0.828. The zero-order chi connectivity index (χ0) is 18.8. The Hall–Kier alpha value is -3.31. The molecule has 0 atom stereocenters. The van der Waals surface area contributed by atoms with E-state index in [4.69, 9.17) is 5.10 Å². The van der Waals surface area contributed by atoms with Crippen molar-refractivity contribution in [1.29, 1.82) is 0 Å². The highest BCUT2D eigenvalue weighted by atomic mass is 32.1. The van der Waals surface area contributed by atoms with Gasteiger partial charge in [-0.1, -0.05) is 102 Å². The van der Waals surface area contributed by atoms with Crippen LogP contribution in [0.25, 0.3) is 15.5 Å². The van der Waals surface area contributed by atoms with Gasteiger partial charge in [-0.05, 0) is 11.1 Å². The average Bonchev–Trinajstić information content (AvgIpc) is 3.35. The molecule has 2 heterocycles. The Balaban J connectivity index is 1.54. The molecule has 0 bridgehead atoms. The summed E-state index contributed by atoms with van der Waals surface area (Å²) in [5.41, 5.74) is 3.64. The van der Waals surface area contributed by atoms with E-state index in [0.717, 1.165) is 27.8 Å². The first-order valence-corrected chi connectivity index (χ1v) is 10.1. The van der Waals surface area contributed by atoms with Gasteiger partial charge in [-0.15, -0.1) is 10.2 Å². The summed E-state index contributed by atoms with van der Waals surface area (Å²) >= 11 is 1.57. The van der Waals surface area contributed by atoms with Crippen molar-refractivity contribution in [1.82, 2.24) is 19.8 Å². The van der Waals surface area contributed by atoms with E-state index in [0.29, 0.717) is 0 Å². The predicted molar refractivity (Wildman–Crippen MR) is 113 cm³/mol. The van der Waals surface area contributed by atoms with Crippen molar-refractivity contribution in [3.05, 3.63) is 108 Å². The number of fused-ring (bicyclic) bond motifs is 1. The third kappa shape index (κ3) is 3.21. The molecule has 5 rings (SSSR count). The minimum Gasteiger partial charge on any atom is -0.187 e. The van der Waals surface area contributed by atoms with Gasteiger partial charge in [0, 0.05) is 17.9 Å². The molecule has 5 heteroatoms. The summed E-state index contributed by atoms with van der Waals surface area (Å²) < 4.78 is 1.89. The van der Waals surface area contributed by atoms with Gasteiger partial charge in [0.25, 0.3) is 0 Å². The lowest BCUT2D eigenvalue weighted by Gasteiger charge is -2.16. The number of hydrogen-bond donors (Lipinski definition) is 0. The molecule has 0 saturated carbocycles. The van der Waals surface area contributed by atoms with Gasteiger partial charge in [-0.25, -0.2) is 0 Å². The number of aromatic nitrogens is 4. The predicted octanol–water partition coefficient (Wildman–Crippen LogP) is 5.23. The lowest BCUT2D eigenvalue weighted by atomic mass is 9.88. The molecule has 0 saturated heterocycles. The van der Waals surface area contributed by atoms with E-state index < -0.39 is 0 Å². The van der Waals surface area contributed by atoms with Crippen molar-refractivity contribution in [3.63, 3.8) is 0 Å². The molecular weight excluding hydrogens is 364 g/mol. The van der Waals surface area contributed by atoms with Crippen molar-refractivity contribution in [2.75, 3.05) is 0 Å². The summed E-state index contributed by atoms with van der Waals surface area (Å²) in [6, 6.07) is 31.3. The highest BCUT2D eigenvalue weighted by Gasteiger charge is 2.20. The van der Waals surface area contributed by atoms with Crippen LogP contribution < -0.4 is 0 Å². The Bertz CT molecular complexity index is 1140. The fourth-order valence-electron chi connectivity index (χ4n) is 3.46. The van der Waals surface area contributed by atoms with Gasteiger partial charge in [0.2, 0.25) is 4.96 Å². The molecule has 0 N–H and O–H groups in total. The molecule has 5 aromatic rings. The lowest BCUT2D eigenvalue weighted by Crippen LogP contribution is -2.08. The second kappa shape index (κ2) is 7.37. The number of rotatable bonds is 5. The van der Waals surface area contributed by atoms with Crippen molar-refractivity contribution in [2.45, 2.75) is 12.3 Å². The molecule has 4 nitrogen and oxygen atoms in total. The Kier molecular flexibility index (Phi) is 4.43. The molecule has 136 valence electrons. The number of nitrogens with zero attached hydrogens (tertiary/aromatic N) is 4. The van der Waals surface area contributed by atoms with Crippen LogP contribution in [0.4, 0.5) is 0 Å². The summed E-state index contributed by atoms with van der Waals surface area (Å²) in [6.07, 6.45) is 0.743. The van der Waals surface area contributed by atoms with Crippen molar-refractivity contribution >= 4 is 16.3 Å². The normalized spacial score (nSPS) is 11.3. The Morgan fingerprint density at radius 2 is 1.29 bits per heavy atom. The molecule has 0 unspecified atom stereocenters. The first-order chi connectivity index (χ1) is 13.9. The zero-order valence-electron chi connectivity index (χ0n) is 15.1. The quantitative estimate of drug-likeness (QED) is 0.418. The molecular formula is C23H18N4S. The molecule has 0 spiro atoms. The van der Waals surface area contributed by atoms with E-state index in [2.05, 4.69) is 70.9 Å². The highest BCUT2D eigenvalue weighted by Crippen LogP contribution is 2.30. The second-order valence-corrected chi connectivity index (χ2v) is 7.62. The van der Waals surface area contributed by atoms with Crippen molar-refractivity contribution < 1.29 is 0 Å². The maximum Gasteiger partial charge on any atom is 0.234 e. The molecule has 0 aliphatic rings. The first kappa shape index (κ1) is 16.8. The highest BCUT2D eigenvalue weighted by molar-refractivity contribution is 7.19. The largest absolute Gasteiger partial charge is 0.234 e. The van der Waals surface area contributed by atoms with Crippen LogP contribution in [-0.4, -0.2) is 19.8 Å². The van der Waals surface area contributed by atoms with E-state index in [-0.39, 0.29) is 5.92 Å². The standard InChI is InChI=1S/C23H18N4S/c1-4-10-17(11-5-1)20(18-12-6-2-7-13-18)16-21-24-25-23-27(21)26-22(28-23)19-14-8-3-9-15-19/h1-15,20H,16H2. The Labute approximate surface area is 167 Å². The molecule has 0 amide bonds. The molecule has 3 aromatic carbocycles. The van der Waals surface area contributed by atoms with Gasteiger partial charge in [-0.3, -0.25) is 0 Å². The van der Waals surface area contributed by atoms with Crippen LogP contribution in [0.3, 0.4) is 0 Å². The minimum absolute atomic E-state index is 0.205. The minimum atomic E-state index is 0.205. The summed E-state index contributed by atoms with van der Waals surface area (Å²) in [5.74, 6) is 1.09. The fraction of sp³-hybridized carbons (Fsp3) is 0.0870. The van der Waals surface area contributed by atoms with Crippen molar-refractivity contribution in [3.8, 4) is 10.6 Å². The summed E-state index contributed by atoms with van der Waals surface area (Å²) in [6.45, 7) is 0. The van der Waals surface area contributed by atoms with E-state index in [9.17, 15) is 0 Å². The first-order valence-electron chi connectivity index (χ1n) is 9.25. The van der Waals surface area contributed by atoms with E-state index >= 15 is 0 Å². The SMILES string of the molecule is c1ccc(-c2nn3c(CC(c4ccccc4)c4ccccc4)nnc3s2)cc1. The van der Waals surface area contributed by atoms with Crippen LogP contribution in [0.2, 0.25) is 0 Å². The fourth-order valence-corrected chi connectivity index (χ4v) is 4.33. The monoisotopic (exact) mass is 382 g/mol. The summed E-state index contributed by atoms with van der Waals surface area (Å²) in [5, 5.41) is 14.6. The molecule has 0 fully saturated rings. The molecule has 0 aliphatic carbocycles. The van der Waals surface area contributed by atoms with Crippen LogP contribution in [0.5, 0.6) is 0 Å². The average molecular weight is 382 g/mol. The van der Waals surface area contributed by atoms with E-state index in [1.54, 1.807) is 11.3 Å². The van der Waals surface area contributed by atoms with Gasteiger partial charge < -0.3 is 0 Å². The number of hydrogen-bond acceptors (Lipinski definition) is 4. The smallest absolute Gasteiger partial charge is 0.187 e. The van der Waals surface area contributed by atoms with Crippen molar-refractivity contribution in [2.24, 2.45) is 0 Å². The molecule has 28 heavy (non-hydrogen) atoms. The Morgan fingerprint density at radius 3 is 1.89 bits per heavy atom. The zero-order valence-corrected chi connectivity index (χ0v) is 16.0. The Morgan fingerprint density at radius 1 is 0.714 bits per heavy atom. The van der Waals surface area contributed by atoms with Crippen LogP contribution in [0.1, 0.15) is 22.9 Å². The van der Waals surface area contributed by atoms with Gasteiger partial charge in [0.1, 0.15) is 5.01 Å². The van der Waals surface area contributed by atoms with Gasteiger partial charge in [0.05, 0.1) is 0 Å². The maximum absolute atomic E-state index is 4.79. The van der Waals surface area contributed by atoms with Gasteiger partial charge in [-0.2, -0.15) is 9.61 Å². The van der Waals surface area contributed by atoms with Crippen LogP contribution in [0.15, 0.2) is 91.0 Å². The molecule has 0 radical (unpaired) electrons. The topological polar surface area (TPSA) is 43.1 Å². The maximum atomic E-state index is 4.79. The third-order valence-electron chi connectivity index (χ3n) is 4.87. The van der Waals surface area contributed by atoms with E-state index in [1.807, 2.05) is 34.8 Å². The molecule has 0 aliphatic heterocycles.